The number of rotatable bonds is 6. The third-order valence-corrected chi connectivity index (χ3v) is 4.25. The summed E-state index contributed by atoms with van der Waals surface area (Å²) in [5, 5.41) is 3.17. The van der Waals surface area contributed by atoms with Crippen LogP contribution in [0.15, 0.2) is 12.1 Å². The summed E-state index contributed by atoms with van der Waals surface area (Å²) >= 11 is 0. The highest BCUT2D eigenvalue weighted by molar-refractivity contribution is 5.51. The predicted octanol–water partition coefficient (Wildman–Crippen LogP) is 4.09. The van der Waals surface area contributed by atoms with Crippen molar-refractivity contribution < 1.29 is 8.78 Å². The quantitative estimate of drug-likeness (QED) is 0.795. The van der Waals surface area contributed by atoms with Gasteiger partial charge in [-0.15, -0.1) is 0 Å². The molecule has 1 aromatic carbocycles. The fourth-order valence-corrected chi connectivity index (χ4v) is 3.03. The van der Waals surface area contributed by atoms with Gasteiger partial charge in [-0.1, -0.05) is 20.3 Å². The summed E-state index contributed by atoms with van der Waals surface area (Å²) in [4.78, 5) is 1.88. The van der Waals surface area contributed by atoms with E-state index in [1.165, 1.54) is 12.1 Å². The molecule has 0 saturated carbocycles. The molecule has 1 N–H and O–H groups in total. The lowest BCUT2D eigenvalue weighted by Gasteiger charge is -2.34. The summed E-state index contributed by atoms with van der Waals surface area (Å²) < 4.78 is 28.7. The summed E-state index contributed by atoms with van der Waals surface area (Å²) in [6.07, 6.45) is 4.25. The molecule has 118 valence electrons. The Hall–Kier alpha value is -1.16. The Kier molecular flexibility index (Phi) is 5.97. The maximum atomic E-state index is 14.3. The molecule has 2 nitrogen and oxygen atoms in total. The number of nitrogens with one attached hydrogen (secondary N) is 1. The minimum atomic E-state index is -0.431. The number of benzene rings is 1. The molecule has 1 atom stereocenters. The zero-order chi connectivity index (χ0) is 15.2. The van der Waals surface area contributed by atoms with Crippen molar-refractivity contribution >= 4 is 5.69 Å². The van der Waals surface area contributed by atoms with Gasteiger partial charge < -0.3 is 10.2 Å². The number of nitrogens with zero attached hydrogens (tertiary/aromatic N) is 1. The molecule has 2 rings (SSSR count). The molecule has 4 heteroatoms. The lowest BCUT2D eigenvalue weighted by atomic mass is 9.95. The minimum absolute atomic E-state index is 0.160. The van der Waals surface area contributed by atoms with Crippen LogP contribution in [-0.4, -0.2) is 19.6 Å². The Balaban J connectivity index is 2.12. The molecule has 1 saturated heterocycles. The van der Waals surface area contributed by atoms with E-state index < -0.39 is 11.6 Å². The van der Waals surface area contributed by atoms with Crippen LogP contribution in [-0.2, 0) is 6.54 Å². The van der Waals surface area contributed by atoms with E-state index in [1.54, 1.807) is 0 Å². The summed E-state index contributed by atoms with van der Waals surface area (Å²) in [6.45, 7) is 7.09. The summed E-state index contributed by atoms with van der Waals surface area (Å²) in [7, 11) is 0. The minimum Gasteiger partial charge on any atom is -0.367 e. The standard InChI is InChI=1S/C17H26F2N2/c1-3-7-20-11-14-9-15(18)17(16(19)10-14)21-8-5-6-13(4-2)12-21/h9-10,13,20H,3-8,11-12H2,1-2H3. The van der Waals surface area contributed by atoms with Crippen LogP contribution in [0.5, 0.6) is 0 Å². The zero-order valence-electron chi connectivity index (χ0n) is 13.1. The fourth-order valence-electron chi connectivity index (χ4n) is 3.03. The van der Waals surface area contributed by atoms with Crippen molar-refractivity contribution in [3.63, 3.8) is 0 Å². The van der Waals surface area contributed by atoms with Gasteiger partial charge >= 0.3 is 0 Å². The van der Waals surface area contributed by atoms with Crippen LogP contribution < -0.4 is 10.2 Å². The second-order valence-corrected chi connectivity index (χ2v) is 5.95. The van der Waals surface area contributed by atoms with E-state index in [0.29, 0.717) is 18.0 Å². The van der Waals surface area contributed by atoms with Gasteiger partial charge in [0.2, 0.25) is 0 Å². The zero-order valence-corrected chi connectivity index (χ0v) is 13.1. The van der Waals surface area contributed by atoms with Gasteiger partial charge in [0.15, 0.2) is 0 Å². The van der Waals surface area contributed by atoms with Gasteiger partial charge in [0.05, 0.1) is 0 Å². The Bertz CT molecular complexity index is 439. The van der Waals surface area contributed by atoms with Gasteiger partial charge in [0.25, 0.3) is 0 Å². The largest absolute Gasteiger partial charge is 0.367 e. The van der Waals surface area contributed by atoms with Gasteiger partial charge in [-0.25, -0.2) is 8.78 Å². The van der Waals surface area contributed by atoms with E-state index >= 15 is 0 Å². The smallest absolute Gasteiger partial charge is 0.149 e. The first kappa shape index (κ1) is 16.2. The van der Waals surface area contributed by atoms with Crippen molar-refractivity contribution in [3.05, 3.63) is 29.3 Å². The van der Waals surface area contributed by atoms with Gasteiger partial charge in [0, 0.05) is 19.6 Å². The third-order valence-electron chi connectivity index (χ3n) is 4.25. The van der Waals surface area contributed by atoms with E-state index in [1.807, 2.05) is 4.90 Å². The SMILES string of the molecule is CCCNCc1cc(F)c(N2CCCC(CC)C2)c(F)c1. The maximum absolute atomic E-state index is 14.3. The van der Waals surface area contributed by atoms with E-state index in [4.69, 9.17) is 0 Å². The summed E-state index contributed by atoms with van der Waals surface area (Å²) in [6, 6.07) is 2.94. The molecule has 1 aliphatic heterocycles. The fraction of sp³-hybridized carbons (Fsp3) is 0.647. The van der Waals surface area contributed by atoms with Gasteiger partial charge in [-0.3, -0.25) is 0 Å². The molecule has 1 aliphatic rings. The summed E-state index contributed by atoms with van der Waals surface area (Å²) in [5.74, 6) is -0.316. The van der Waals surface area contributed by atoms with Gasteiger partial charge in [-0.2, -0.15) is 0 Å². The van der Waals surface area contributed by atoms with Gasteiger partial charge in [0.1, 0.15) is 17.3 Å². The van der Waals surface area contributed by atoms with Crippen LogP contribution >= 0.6 is 0 Å². The average Bonchev–Trinajstić information content (AvgIpc) is 2.47. The number of halogens is 2. The third kappa shape index (κ3) is 4.16. The molecule has 1 unspecified atom stereocenters. The monoisotopic (exact) mass is 296 g/mol. The van der Waals surface area contributed by atoms with E-state index in [-0.39, 0.29) is 5.69 Å². The van der Waals surface area contributed by atoms with Crippen LogP contribution in [0.2, 0.25) is 0 Å². The van der Waals surface area contributed by atoms with Gasteiger partial charge in [-0.05, 0) is 49.4 Å². The molecule has 0 amide bonds. The van der Waals surface area contributed by atoms with Crippen molar-refractivity contribution in [1.82, 2.24) is 5.32 Å². The number of hydrogen-bond acceptors (Lipinski definition) is 2. The van der Waals surface area contributed by atoms with Crippen LogP contribution in [0.4, 0.5) is 14.5 Å². The first-order valence-electron chi connectivity index (χ1n) is 8.09. The van der Waals surface area contributed by atoms with Crippen molar-refractivity contribution in [2.75, 3.05) is 24.5 Å². The maximum Gasteiger partial charge on any atom is 0.149 e. The van der Waals surface area contributed by atoms with Crippen LogP contribution in [0.1, 0.15) is 45.1 Å². The molecular weight excluding hydrogens is 270 g/mol. The Morgan fingerprint density at radius 2 is 1.95 bits per heavy atom. The van der Waals surface area contributed by atoms with Crippen LogP contribution in [0.3, 0.4) is 0 Å². The van der Waals surface area contributed by atoms with Crippen molar-refractivity contribution in [2.45, 2.75) is 46.1 Å². The topological polar surface area (TPSA) is 15.3 Å². The number of anilines is 1. The molecular formula is C17H26F2N2. The Morgan fingerprint density at radius 3 is 2.57 bits per heavy atom. The molecule has 21 heavy (non-hydrogen) atoms. The molecule has 0 spiro atoms. The highest BCUT2D eigenvalue weighted by atomic mass is 19.1. The highest BCUT2D eigenvalue weighted by Gasteiger charge is 2.24. The van der Waals surface area contributed by atoms with E-state index in [2.05, 4.69) is 19.2 Å². The lowest BCUT2D eigenvalue weighted by molar-refractivity contribution is 0.397. The van der Waals surface area contributed by atoms with Crippen LogP contribution in [0.25, 0.3) is 0 Å². The molecule has 0 radical (unpaired) electrons. The molecule has 1 aromatic rings. The molecule has 0 aliphatic carbocycles. The Labute approximate surface area is 126 Å². The van der Waals surface area contributed by atoms with Crippen molar-refractivity contribution in [3.8, 4) is 0 Å². The molecule has 0 aromatic heterocycles. The Morgan fingerprint density at radius 1 is 1.24 bits per heavy atom. The predicted molar refractivity (Wildman–Crippen MR) is 83.6 cm³/mol. The normalized spacial score (nSPS) is 19.0. The first-order valence-corrected chi connectivity index (χ1v) is 8.09. The van der Waals surface area contributed by atoms with Crippen LogP contribution in [0, 0.1) is 17.6 Å². The molecule has 1 fully saturated rings. The second-order valence-electron chi connectivity index (χ2n) is 5.95. The van der Waals surface area contributed by atoms with Crippen molar-refractivity contribution in [1.29, 1.82) is 0 Å². The van der Waals surface area contributed by atoms with E-state index in [0.717, 1.165) is 45.3 Å². The molecule has 1 heterocycles. The number of hydrogen-bond donors (Lipinski definition) is 1. The number of piperidine rings is 1. The first-order chi connectivity index (χ1) is 10.2. The summed E-state index contributed by atoms with van der Waals surface area (Å²) in [5.41, 5.74) is 0.832. The molecule has 0 bridgehead atoms. The highest BCUT2D eigenvalue weighted by Crippen LogP contribution is 2.30. The van der Waals surface area contributed by atoms with E-state index in [9.17, 15) is 8.78 Å². The second kappa shape index (κ2) is 7.74. The van der Waals surface area contributed by atoms with Crippen molar-refractivity contribution in [2.24, 2.45) is 5.92 Å². The average molecular weight is 296 g/mol. The lowest BCUT2D eigenvalue weighted by Crippen LogP contribution is -2.36.